The molecule has 1 N–H and O–H groups in total. The average Bonchev–Trinajstić information content (AvgIpc) is 3.04. The van der Waals surface area contributed by atoms with Gasteiger partial charge in [-0.2, -0.15) is 0 Å². The number of rotatable bonds is 4. The molecule has 1 aromatic heterocycles. The lowest BCUT2D eigenvalue weighted by Gasteiger charge is -2.12. The molecule has 0 saturated heterocycles. The Balaban J connectivity index is 1.78. The van der Waals surface area contributed by atoms with Crippen LogP contribution in [0.4, 0.5) is 5.69 Å². The molecule has 0 fully saturated rings. The molecule has 0 aliphatic carbocycles. The molecule has 1 heterocycles. The Morgan fingerprint density at radius 3 is 2.48 bits per heavy atom. The summed E-state index contributed by atoms with van der Waals surface area (Å²) >= 11 is 6.03. The van der Waals surface area contributed by atoms with Gasteiger partial charge in [0, 0.05) is 21.9 Å². The Hall–Kier alpha value is -3.18. The summed E-state index contributed by atoms with van der Waals surface area (Å²) < 4.78 is 16.6. The first-order valence-corrected chi connectivity index (χ1v) is 8.62. The number of carbonyl (C=O) groups excluding carboxylic acids is 1. The monoisotopic (exact) mass is 381 g/mol. The number of fused-ring (bicyclic) bond motifs is 3. The van der Waals surface area contributed by atoms with Gasteiger partial charge in [-0.25, -0.2) is 0 Å². The number of halogens is 1. The Morgan fingerprint density at radius 2 is 1.70 bits per heavy atom. The lowest BCUT2D eigenvalue weighted by Crippen LogP contribution is -2.14. The zero-order valence-electron chi connectivity index (χ0n) is 14.7. The Bertz CT molecular complexity index is 1170. The first-order chi connectivity index (χ1) is 13.1. The number of amides is 1. The fourth-order valence-electron chi connectivity index (χ4n) is 3.07. The number of nitrogens with one attached hydrogen (secondary N) is 1. The molecule has 0 saturated carbocycles. The molecule has 3 aromatic carbocycles. The Labute approximate surface area is 160 Å². The van der Waals surface area contributed by atoms with Gasteiger partial charge < -0.3 is 19.2 Å². The van der Waals surface area contributed by atoms with Crippen molar-refractivity contribution in [3.05, 3.63) is 65.2 Å². The number of methoxy groups -OCH3 is 2. The molecular formula is C21H16ClNO4. The summed E-state index contributed by atoms with van der Waals surface area (Å²) in [4.78, 5) is 12.8. The largest absolute Gasteiger partial charge is 0.496 e. The fourth-order valence-corrected chi connectivity index (χ4v) is 3.24. The molecule has 0 unspecified atom stereocenters. The molecule has 0 bridgehead atoms. The molecule has 0 spiro atoms. The molecule has 136 valence electrons. The van der Waals surface area contributed by atoms with E-state index < -0.39 is 0 Å². The molecule has 0 aliphatic rings. The van der Waals surface area contributed by atoms with Crippen molar-refractivity contribution in [1.29, 1.82) is 0 Å². The summed E-state index contributed by atoms with van der Waals surface area (Å²) in [5, 5.41) is 5.20. The predicted octanol–water partition coefficient (Wildman–Crippen LogP) is 5.51. The van der Waals surface area contributed by atoms with E-state index in [0.29, 0.717) is 33.4 Å². The highest BCUT2D eigenvalue weighted by atomic mass is 35.5. The van der Waals surface area contributed by atoms with Crippen LogP contribution in [0, 0.1) is 0 Å². The van der Waals surface area contributed by atoms with Crippen LogP contribution >= 0.6 is 11.6 Å². The smallest absolute Gasteiger partial charge is 0.259 e. The number of hydrogen-bond acceptors (Lipinski definition) is 4. The van der Waals surface area contributed by atoms with E-state index >= 15 is 0 Å². The molecular weight excluding hydrogens is 366 g/mol. The summed E-state index contributed by atoms with van der Waals surface area (Å²) in [5.41, 5.74) is 2.26. The molecule has 4 aromatic rings. The first-order valence-electron chi connectivity index (χ1n) is 8.25. The van der Waals surface area contributed by atoms with Crippen LogP contribution in [0.15, 0.2) is 59.0 Å². The second-order valence-corrected chi connectivity index (χ2v) is 6.38. The van der Waals surface area contributed by atoms with Crippen LogP contribution in [0.1, 0.15) is 10.4 Å². The van der Waals surface area contributed by atoms with E-state index in [2.05, 4.69) is 5.32 Å². The number of anilines is 1. The van der Waals surface area contributed by atoms with Crippen molar-refractivity contribution in [3.63, 3.8) is 0 Å². The lowest BCUT2D eigenvalue weighted by molar-refractivity contribution is 0.102. The number of furan rings is 1. The fraction of sp³-hybridized carbons (Fsp3) is 0.0952. The number of carbonyl (C=O) groups is 1. The summed E-state index contributed by atoms with van der Waals surface area (Å²) in [6, 6.07) is 16.2. The van der Waals surface area contributed by atoms with E-state index in [9.17, 15) is 4.79 Å². The van der Waals surface area contributed by atoms with Gasteiger partial charge in [0.05, 0.1) is 25.5 Å². The van der Waals surface area contributed by atoms with Crippen LogP contribution in [0.3, 0.4) is 0 Å². The maximum absolute atomic E-state index is 12.8. The maximum Gasteiger partial charge on any atom is 0.259 e. The summed E-state index contributed by atoms with van der Waals surface area (Å²) in [6.45, 7) is 0. The summed E-state index contributed by atoms with van der Waals surface area (Å²) in [6.07, 6.45) is 0. The molecule has 5 nitrogen and oxygen atoms in total. The summed E-state index contributed by atoms with van der Waals surface area (Å²) in [5.74, 6) is 0.604. The summed E-state index contributed by atoms with van der Waals surface area (Å²) in [7, 11) is 3.06. The molecule has 27 heavy (non-hydrogen) atoms. The Kier molecular flexibility index (Phi) is 4.38. The third kappa shape index (κ3) is 3.06. The molecule has 1 amide bonds. The van der Waals surface area contributed by atoms with Crippen molar-refractivity contribution in [2.24, 2.45) is 0 Å². The van der Waals surface area contributed by atoms with Gasteiger partial charge in [0.1, 0.15) is 22.7 Å². The molecule has 6 heteroatoms. The van der Waals surface area contributed by atoms with E-state index in [1.165, 1.54) is 7.11 Å². The van der Waals surface area contributed by atoms with Crippen LogP contribution in [-0.2, 0) is 0 Å². The number of ether oxygens (including phenoxy) is 2. The molecule has 0 atom stereocenters. The number of para-hydroxylation sites is 1. The molecule has 0 aliphatic heterocycles. The highest BCUT2D eigenvalue weighted by Crippen LogP contribution is 2.36. The number of hydrogen-bond donors (Lipinski definition) is 1. The third-order valence-electron chi connectivity index (χ3n) is 4.35. The van der Waals surface area contributed by atoms with Crippen LogP contribution in [-0.4, -0.2) is 20.1 Å². The Morgan fingerprint density at radius 1 is 0.926 bits per heavy atom. The van der Waals surface area contributed by atoms with E-state index in [1.54, 1.807) is 31.4 Å². The van der Waals surface area contributed by atoms with Crippen molar-refractivity contribution in [2.75, 3.05) is 19.5 Å². The zero-order chi connectivity index (χ0) is 19.0. The van der Waals surface area contributed by atoms with Gasteiger partial charge in [-0.3, -0.25) is 4.79 Å². The first kappa shape index (κ1) is 17.2. The molecule has 4 rings (SSSR count). The quantitative estimate of drug-likeness (QED) is 0.506. The van der Waals surface area contributed by atoms with Crippen LogP contribution in [0.25, 0.3) is 21.9 Å². The van der Waals surface area contributed by atoms with Crippen LogP contribution in [0.2, 0.25) is 5.02 Å². The SMILES string of the molecule is COc1cc2c(cc1NC(=O)c1cc(Cl)ccc1OC)oc1ccccc12. The zero-order valence-corrected chi connectivity index (χ0v) is 15.5. The van der Waals surface area contributed by atoms with Gasteiger partial charge in [-0.15, -0.1) is 0 Å². The standard InChI is InChI=1S/C21H16ClNO4/c1-25-17-8-7-12(22)9-15(17)21(24)23-16-11-19-14(10-20(16)26-2)13-5-3-4-6-18(13)27-19/h3-11H,1-2H3,(H,23,24). The van der Waals surface area contributed by atoms with Crippen molar-refractivity contribution < 1.29 is 18.7 Å². The van der Waals surface area contributed by atoms with Crippen molar-refractivity contribution in [2.45, 2.75) is 0 Å². The minimum absolute atomic E-state index is 0.330. The second kappa shape index (κ2) is 6.85. The van der Waals surface area contributed by atoms with Crippen molar-refractivity contribution in [1.82, 2.24) is 0 Å². The lowest BCUT2D eigenvalue weighted by atomic mass is 10.1. The minimum atomic E-state index is -0.358. The van der Waals surface area contributed by atoms with E-state index in [4.69, 9.17) is 25.5 Å². The van der Waals surface area contributed by atoms with Gasteiger partial charge >= 0.3 is 0 Å². The average molecular weight is 382 g/mol. The van der Waals surface area contributed by atoms with E-state index in [0.717, 1.165) is 16.4 Å². The van der Waals surface area contributed by atoms with E-state index in [1.807, 2.05) is 30.3 Å². The highest BCUT2D eigenvalue weighted by Gasteiger charge is 2.17. The van der Waals surface area contributed by atoms with Crippen molar-refractivity contribution >= 4 is 45.1 Å². The molecule has 0 radical (unpaired) electrons. The van der Waals surface area contributed by atoms with Gasteiger partial charge in [0.15, 0.2) is 0 Å². The van der Waals surface area contributed by atoms with Crippen LogP contribution in [0.5, 0.6) is 11.5 Å². The second-order valence-electron chi connectivity index (χ2n) is 5.95. The predicted molar refractivity (Wildman–Crippen MR) is 106 cm³/mol. The highest BCUT2D eigenvalue weighted by molar-refractivity contribution is 6.31. The number of benzene rings is 3. The van der Waals surface area contributed by atoms with E-state index in [-0.39, 0.29) is 5.91 Å². The normalized spacial score (nSPS) is 10.9. The third-order valence-corrected chi connectivity index (χ3v) is 4.59. The van der Waals surface area contributed by atoms with Crippen molar-refractivity contribution in [3.8, 4) is 11.5 Å². The van der Waals surface area contributed by atoms with Gasteiger partial charge in [-0.05, 0) is 30.3 Å². The van der Waals surface area contributed by atoms with Crippen LogP contribution < -0.4 is 14.8 Å². The van der Waals surface area contributed by atoms with Gasteiger partial charge in [0.2, 0.25) is 0 Å². The minimum Gasteiger partial charge on any atom is -0.496 e. The maximum atomic E-state index is 12.8. The topological polar surface area (TPSA) is 60.7 Å². The van der Waals surface area contributed by atoms with Gasteiger partial charge in [0.25, 0.3) is 5.91 Å². The van der Waals surface area contributed by atoms with Gasteiger partial charge in [-0.1, -0.05) is 29.8 Å².